The van der Waals surface area contributed by atoms with Crippen molar-refractivity contribution >= 4 is 0 Å². The van der Waals surface area contributed by atoms with Gasteiger partial charge in [-0.1, -0.05) is 27.2 Å². The predicted octanol–water partition coefficient (Wildman–Crippen LogP) is 3.12. The van der Waals surface area contributed by atoms with Crippen LogP contribution >= 0.6 is 0 Å². The van der Waals surface area contributed by atoms with Crippen LogP contribution in [-0.4, -0.2) is 31.2 Å². The maximum absolute atomic E-state index is 5.88. The van der Waals surface area contributed by atoms with Crippen molar-refractivity contribution in [2.75, 3.05) is 13.2 Å². The fourth-order valence-corrected chi connectivity index (χ4v) is 2.12. The average Bonchev–Trinajstić information content (AvgIpc) is 2.62. The van der Waals surface area contributed by atoms with Crippen molar-refractivity contribution in [1.82, 2.24) is 0 Å². The zero-order valence-corrected chi connectivity index (χ0v) is 11.1. The summed E-state index contributed by atoms with van der Waals surface area (Å²) in [7, 11) is 0. The van der Waals surface area contributed by atoms with Gasteiger partial charge in [-0.2, -0.15) is 0 Å². The zero-order chi connectivity index (χ0) is 12.0. The Morgan fingerprint density at radius 2 is 2.00 bits per heavy atom. The van der Waals surface area contributed by atoms with Crippen LogP contribution in [-0.2, 0) is 14.2 Å². The average molecular weight is 230 g/mol. The molecule has 1 heterocycles. The fourth-order valence-electron chi connectivity index (χ4n) is 2.12. The van der Waals surface area contributed by atoms with Gasteiger partial charge in [0.1, 0.15) is 6.10 Å². The molecule has 16 heavy (non-hydrogen) atoms. The molecule has 0 radical (unpaired) electrons. The first-order valence-electron chi connectivity index (χ1n) is 6.56. The van der Waals surface area contributed by atoms with Gasteiger partial charge in [-0.15, -0.1) is 0 Å². The van der Waals surface area contributed by atoms with E-state index in [1.807, 2.05) is 6.92 Å². The summed E-state index contributed by atoms with van der Waals surface area (Å²) in [5.74, 6) is -0.378. The normalized spacial score (nSPS) is 30.2. The van der Waals surface area contributed by atoms with E-state index in [2.05, 4.69) is 20.8 Å². The fraction of sp³-hybridized carbons (Fsp3) is 1.00. The van der Waals surface area contributed by atoms with Gasteiger partial charge in [0, 0.05) is 6.42 Å². The molecule has 0 aromatic carbocycles. The number of hydrogen-bond donors (Lipinski definition) is 0. The molecule has 0 aliphatic carbocycles. The maximum Gasteiger partial charge on any atom is 0.166 e. The van der Waals surface area contributed by atoms with Crippen LogP contribution in [0.25, 0.3) is 0 Å². The molecule has 1 fully saturated rings. The highest BCUT2D eigenvalue weighted by atomic mass is 16.7. The standard InChI is InChI=1S/C13H26O3/c1-5-8-13(4)15-10-12(16-13)9-14-11(6-2)7-3/h11-12H,5-10H2,1-4H3. The summed E-state index contributed by atoms with van der Waals surface area (Å²) in [6.45, 7) is 9.80. The highest BCUT2D eigenvalue weighted by molar-refractivity contribution is 4.74. The molecule has 2 unspecified atom stereocenters. The molecule has 0 aromatic rings. The lowest BCUT2D eigenvalue weighted by molar-refractivity contribution is -0.166. The SMILES string of the molecule is CCCC1(C)OCC(COC(CC)CC)O1. The molecular weight excluding hydrogens is 204 g/mol. The molecule has 3 nitrogen and oxygen atoms in total. The van der Waals surface area contributed by atoms with Crippen molar-refractivity contribution in [2.24, 2.45) is 0 Å². The van der Waals surface area contributed by atoms with Crippen LogP contribution in [0, 0.1) is 0 Å². The molecule has 96 valence electrons. The summed E-state index contributed by atoms with van der Waals surface area (Å²) in [6, 6.07) is 0. The minimum absolute atomic E-state index is 0.108. The van der Waals surface area contributed by atoms with E-state index in [9.17, 15) is 0 Å². The molecule has 0 N–H and O–H groups in total. The van der Waals surface area contributed by atoms with Gasteiger partial charge in [-0.25, -0.2) is 0 Å². The van der Waals surface area contributed by atoms with Crippen LogP contribution in [0.1, 0.15) is 53.4 Å². The number of hydrogen-bond acceptors (Lipinski definition) is 3. The summed E-state index contributed by atoms with van der Waals surface area (Å²) in [6.07, 6.45) is 4.64. The molecule has 1 aliphatic heterocycles. The molecule has 1 aliphatic rings. The third kappa shape index (κ3) is 4.04. The number of ether oxygens (including phenoxy) is 3. The Kier molecular flexibility index (Phi) is 5.73. The van der Waals surface area contributed by atoms with Gasteiger partial charge in [0.25, 0.3) is 0 Å². The van der Waals surface area contributed by atoms with E-state index < -0.39 is 0 Å². The van der Waals surface area contributed by atoms with Gasteiger partial charge in [0.2, 0.25) is 0 Å². The largest absolute Gasteiger partial charge is 0.375 e. The van der Waals surface area contributed by atoms with Crippen LogP contribution in [0.4, 0.5) is 0 Å². The lowest BCUT2D eigenvalue weighted by Gasteiger charge is -2.23. The molecule has 1 saturated heterocycles. The molecule has 0 aromatic heterocycles. The van der Waals surface area contributed by atoms with Gasteiger partial charge < -0.3 is 14.2 Å². The van der Waals surface area contributed by atoms with Crippen LogP contribution in [0.5, 0.6) is 0 Å². The van der Waals surface area contributed by atoms with E-state index in [0.717, 1.165) is 25.7 Å². The molecule has 3 heteroatoms. The first kappa shape index (κ1) is 13.9. The van der Waals surface area contributed by atoms with E-state index in [4.69, 9.17) is 14.2 Å². The van der Waals surface area contributed by atoms with Gasteiger partial charge in [-0.05, 0) is 19.8 Å². The van der Waals surface area contributed by atoms with E-state index in [-0.39, 0.29) is 11.9 Å². The zero-order valence-electron chi connectivity index (χ0n) is 11.1. The first-order chi connectivity index (χ1) is 7.63. The molecule has 0 saturated carbocycles. The van der Waals surface area contributed by atoms with E-state index >= 15 is 0 Å². The van der Waals surface area contributed by atoms with E-state index in [0.29, 0.717) is 19.3 Å². The molecule has 0 bridgehead atoms. The van der Waals surface area contributed by atoms with Crippen molar-refractivity contribution in [3.05, 3.63) is 0 Å². The van der Waals surface area contributed by atoms with Gasteiger partial charge in [0.15, 0.2) is 5.79 Å². The Morgan fingerprint density at radius 3 is 2.56 bits per heavy atom. The number of rotatable bonds is 7. The smallest absolute Gasteiger partial charge is 0.166 e. The summed E-state index contributed by atoms with van der Waals surface area (Å²) >= 11 is 0. The highest BCUT2D eigenvalue weighted by Crippen LogP contribution is 2.28. The van der Waals surface area contributed by atoms with Crippen LogP contribution in [0.15, 0.2) is 0 Å². The Labute approximate surface area is 99.5 Å². The second-order valence-corrected chi connectivity index (χ2v) is 4.71. The second kappa shape index (κ2) is 6.58. The molecular formula is C13H26O3. The van der Waals surface area contributed by atoms with Crippen molar-refractivity contribution in [2.45, 2.75) is 71.4 Å². The van der Waals surface area contributed by atoms with Crippen molar-refractivity contribution in [1.29, 1.82) is 0 Å². The van der Waals surface area contributed by atoms with Crippen LogP contribution < -0.4 is 0 Å². The lowest BCUT2D eigenvalue weighted by Crippen LogP contribution is -2.28. The Bertz CT molecular complexity index is 192. The Balaban J connectivity index is 2.25. The van der Waals surface area contributed by atoms with Crippen LogP contribution in [0.2, 0.25) is 0 Å². The summed E-state index contributed by atoms with van der Waals surface area (Å²) in [4.78, 5) is 0. The van der Waals surface area contributed by atoms with Crippen LogP contribution in [0.3, 0.4) is 0 Å². The summed E-state index contributed by atoms with van der Waals surface area (Å²) < 4.78 is 17.4. The Hall–Kier alpha value is -0.120. The third-order valence-electron chi connectivity index (χ3n) is 3.12. The minimum atomic E-state index is -0.378. The van der Waals surface area contributed by atoms with E-state index in [1.54, 1.807) is 0 Å². The predicted molar refractivity (Wildman–Crippen MR) is 64.5 cm³/mol. The monoisotopic (exact) mass is 230 g/mol. The first-order valence-corrected chi connectivity index (χ1v) is 6.56. The molecule has 1 rings (SSSR count). The van der Waals surface area contributed by atoms with E-state index in [1.165, 1.54) is 0 Å². The molecule has 0 amide bonds. The summed E-state index contributed by atoms with van der Waals surface area (Å²) in [5.41, 5.74) is 0. The summed E-state index contributed by atoms with van der Waals surface area (Å²) in [5, 5.41) is 0. The Morgan fingerprint density at radius 1 is 1.31 bits per heavy atom. The topological polar surface area (TPSA) is 27.7 Å². The minimum Gasteiger partial charge on any atom is -0.375 e. The maximum atomic E-state index is 5.88. The molecule has 2 atom stereocenters. The van der Waals surface area contributed by atoms with Gasteiger partial charge in [0.05, 0.1) is 19.3 Å². The van der Waals surface area contributed by atoms with Gasteiger partial charge >= 0.3 is 0 Å². The van der Waals surface area contributed by atoms with Crippen molar-refractivity contribution < 1.29 is 14.2 Å². The van der Waals surface area contributed by atoms with Crippen molar-refractivity contribution in [3.63, 3.8) is 0 Å². The van der Waals surface area contributed by atoms with Crippen molar-refractivity contribution in [3.8, 4) is 0 Å². The lowest BCUT2D eigenvalue weighted by atomic mass is 10.2. The second-order valence-electron chi connectivity index (χ2n) is 4.71. The quantitative estimate of drug-likeness (QED) is 0.672. The third-order valence-corrected chi connectivity index (χ3v) is 3.12. The molecule has 0 spiro atoms. The highest BCUT2D eigenvalue weighted by Gasteiger charge is 2.36. The van der Waals surface area contributed by atoms with Gasteiger partial charge in [-0.3, -0.25) is 0 Å².